The smallest absolute Gasteiger partial charge is 0.105 e. The molecule has 15 heavy (non-hydrogen) atoms. The summed E-state index contributed by atoms with van der Waals surface area (Å²) in [4.78, 5) is 1.25. The van der Waals surface area contributed by atoms with E-state index in [4.69, 9.17) is 4.74 Å². The first-order chi connectivity index (χ1) is 7.24. The molecule has 1 nitrogen and oxygen atoms in total. The Balaban J connectivity index is 2.61. The maximum Gasteiger partial charge on any atom is 0.105 e. The average molecular weight is 222 g/mol. The molecular weight excluding hydrogens is 204 g/mol. The van der Waals surface area contributed by atoms with Crippen molar-refractivity contribution in [2.45, 2.75) is 25.7 Å². The van der Waals surface area contributed by atoms with Gasteiger partial charge in [0.1, 0.15) is 5.76 Å². The van der Waals surface area contributed by atoms with Crippen LogP contribution >= 0.6 is 11.8 Å². The molecule has 0 aliphatic rings. The number of hydrogen-bond acceptors (Lipinski definition) is 2. The molecule has 0 unspecified atom stereocenters. The lowest BCUT2D eigenvalue weighted by molar-refractivity contribution is 0.201. The second kappa shape index (κ2) is 6.57. The van der Waals surface area contributed by atoms with E-state index in [0.717, 1.165) is 12.4 Å². The first kappa shape index (κ1) is 12.2. The minimum atomic E-state index is 0.446. The van der Waals surface area contributed by atoms with Gasteiger partial charge in [-0.2, -0.15) is 0 Å². The Morgan fingerprint density at radius 1 is 1.33 bits per heavy atom. The third-order valence-electron chi connectivity index (χ3n) is 1.93. The second-order valence-electron chi connectivity index (χ2n) is 3.54. The fourth-order valence-corrected chi connectivity index (χ4v) is 2.04. The van der Waals surface area contributed by atoms with Crippen LogP contribution in [0.2, 0.25) is 0 Å². The number of thioether (sulfide) groups is 1. The van der Waals surface area contributed by atoms with E-state index < -0.39 is 0 Å². The summed E-state index contributed by atoms with van der Waals surface area (Å²) in [5.41, 5.74) is 0. The Morgan fingerprint density at radius 2 is 2.00 bits per heavy atom. The third kappa shape index (κ3) is 4.43. The van der Waals surface area contributed by atoms with E-state index in [1.54, 1.807) is 11.8 Å². The van der Waals surface area contributed by atoms with Crippen LogP contribution in [0, 0.1) is 5.92 Å². The number of hydrogen-bond donors (Lipinski definition) is 0. The molecule has 0 atom stereocenters. The second-order valence-corrected chi connectivity index (χ2v) is 4.48. The van der Waals surface area contributed by atoms with Gasteiger partial charge in [0, 0.05) is 16.2 Å². The highest BCUT2D eigenvalue weighted by Crippen LogP contribution is 2.23. The zero-order valence-electron chi connectivity index (χ0n) is 9.57. The molecule has 0 aromatic heterocycles. The van der Waals surface area contributed by atoms with Crippen LogP contribution in [0.5, 0.6) is 0 Å². The zero-order valence-corrected chi connectivity index (χ0v) is 10.4. The molecule has 1 aromatic rings. The Morgan fingerprint density at radius 3 is 2.53 bits per heavy atom. The molecule has 0 amide bonds. The number of allylic oxidation sites excluding steroid dienone is 1. The highest BCUT2D eigenvalue weighted by Gasteiger charge is 2.03. The molecule has 0 N–H and O–H groups in total. The maximum atomic E-state index is 5.57. The van der Waals surface area contributed by atoms with E-state index in [0.29, 0.717) is 5.92 Å². The van der Waals surface area contributed by atoms with Crippen LogP contribution in [0.4, 0.5) is 0 Å². The van der Waals surface area contributed by atoms with Gasteiger partial charge in [-0.05, 0) is 19.1 Å². The lowest BCUT2D eigenvalue weighted by Gasteiger charge is -2.11. The fraction of sp³-hybridized carbons (Fsp3) is 0.385. The summed E-state index contributed by atoms with van der Waals surface area (Å²) in [5.74, 6) is 1.51. The van der Waals surface area contributed by atoms with E-state index in [2.05, 4.69) is 31.4 Å². The Kier molecular flexibility index (Phi) is 5.33. The van der Waals surface area contributed by atoms with Gasteiger partial charge in [0.25, 0.3) is 0 Å². The first-order valence-corrected chi connectivity index (χ1v) is 6.16. The van der Waals surface area contributed by atoms with Gasteiger partial charge in [0.2, 0.25) is 0 Å². The molecule has 0 saturated heterocycles. The van der Waals surface area contributed by atoms with Crippen molar-refractivity contribution in [3.8, 4) is 0 Å². The van der Waals surface area contributed by atoms with Crippen molar-refractivity contribution in [1.29, 1.82) is 0 Å². The van der Waals surface area contributed by atoms with E-state index >= 15 is 0 Å². The van der Waals surface area contributed by atoms with Crippen molar-refractivity contribution in [2.75, 3.05) is 6.61 Å². The fourth-order valence-electron chi connectivity index (χ4n) is 1.13. The Labute approximate surface area is 96.5 Å². The van der Waals surface area contributed by atoms with Crippen LogP contribution in [-0.4, -0.2) is 6.61 Å². The summed E-state index contributed by atoms with van der Waals surface area (Å²) >= 11 is 1.71. The summed E-state index contributed by atoms with van der Waals surface area (Å²) in [6, 6.07) is 10.3. The largest absolute Gasteiger partial charge is 0.497 e. The van der Waals surface area contributed by atoms with Crippen molar-refractivity contribution in [3.05, 3.63) is 41.5 Å². The number of rotatable bonds is 5. The van der Waals surface area contributed by atoms with Gasteiger partial charge in [-0.1, -0.05) is 43.8 Å². The van der Waals surface area contributed by atoms with E-state index in [1.165, 1.54) is 4.90 Å². The van der Waals surface area contributed by atoms with Crippen molar-refractivity contribution in [1.82, 2.24) is 0 Å². The van der Waals surface area contributed by atoms with Gasteiger partial charge in [0.05, 0.1) is 6.61 Å². The Bertz CT molecular complexity index is 304. The predicted octanol–water partition coefficient (Wildman–Crippen LogP) is 4.31. The molecule has 0 fully saturated rings. The normalized spacial score (nSPS) is 11.9. The average Bonchev–Trinajstić information content (AvgIpc) is 2.25. The molecule has 0 radical (unpaired) electrons. The molecule has 0 spiro atoms. The quantitative estimate of drug-likeness (QED) is 0.542. The molecule has 0 saturated carbocycles. The minimum absolute atomic E-state index is 0.446. The molecular formula is C13H18OS. The molecule has 2 heteroatoms. The lowest BCUT2D eigenvalue weighted by Crippen LogP contribution is -1.98. The van der Waals surface area contributed by atoms with Gasteiger partial charge >= 0.3 is 0 Å². The van der Waals surface area contributed by atoms with E-state index in [1.807, 2.05) is 25.1 Å². The summed E-state index contributed by atoms with van der Waals surface area (Å²) in [7, 11) is 0. The summed E-state index contributed by atoms with van der Waals surface area (Å²) in [6.07, 6.45) is 0. The van der Waals surface area contributed by atoms with Crippen LogP contribution in [0.15, 0.2) is 46.4 Å². The van der Waals surface area contributed by atoms with Crippen LogP contribution in [-0.2, 0) is 4.74 Å². The van der Waals surface area contributed by atoms with Crippen LogP contribution in [0.3, 0.4) is 0 Å². The molecule has 0 aliphatic carbocycles. The molecule has 0 aliphatic heterocycles. The van der Waals surface area contributed by atoms with Crippen LogP contribution in [0.25, 0.3) is 0 Å². The Hall–Kier alpha value is -0.890. The highest BCUT2D eigenvalue weighted by atomic mass is 32.2. The summed E-state index contributed by atoms with van der Waals surface area (Å²) in [5, 5.41) is 2.10. The van der Waals surface area contributed by atoms with Crippen molar-refractivity contribution in [2.24, 2.45) is 5.92 Å². The maximum absolute atomic E-state index is 5.57. The number of benzene rings is 1. The van der Waals surface area contributed by atoms with E-state index in [9.17, 15) is 0 Å². The minimum Gasteiger partial charge on any atom is -0.497 e. The van der Waals surface area contributed by atoms with Gasteiger partial charge in [-0.15, -0.1) is 0 Å². The molecule has 0 heterocycles. The third-order valence-corrected chi connectivity index (χ3v) is 2.83. The summed E-state index contributed by atoms with van der Waals surface area (Å²) in [6.45, 7) is 7.04. The first-order valence-electron chi connectivity index (χ1n) is 5.28. The van der Waals surface area contributed by atoms with Gasteiger partial charge in [-0.25, -0.2) is 0 Å². The molecule has 1 rings (SSSR count). The van der Waals surface area contributed by atoms with Gasteiger partial charge in [-0.3, -0.25) is 0 Å². The van der Waals surface area contributed by atoms with E-state index in [-0.39, 0.29) is 0 Å². The highest BCUT2D eigenvalue weighted by molar-refractivity contribution is 8.02. The lowest BCUT2D eigenvalue weighted by atomic mass is 10.2. The molecule has 82 valence electrons. The van der Waals surface area contributed by atoms with Crippen molar-refractivity contribution in [3.63, 3.8) is 0 Å². The topological polar surface area (TPSA) is 9.23 Å². The van der Waals surface area contributed by atoms with Gasteiger partial charge in [0.15, 0.2) is 0 Å². The molecule has 1 aromatic carbocycles. The van der Waals surface area contributed by atoms with Crippen molar-refractivity contribution >= 4 is 11.8 Å². The monoisotopic (exact) mass is 222 g/mol. The standard InChI is InChI=1S/C13H18OS/c1-4-14-13(11(2)3)10-15-12-8-6-5-7-9-12/h5-11H,4H2,1-3H3/b13-10+. The number of ether oxygens (including phenoxy) is 1. The van der Waals surface area contributed by atoms with Gasteiger partial charge < -0.3 is 4.74 Å². The van der Waals surface area contributed by atoms with Crippen molar-refractivity contribution < 1.29 is 4.74 Å². The molecule has 0 bridgehead atoms. The summed E-state index contributed by atoms with van der Waals surface area (Å²) < 4.78 is 5.57. The predicted molar refractivity (Wildman–Crippen MR) is 66.8 cm³/mol. The van der Waals surface area contributed by atoms with Crippen LogP contribution < -0.4 is 0 Å². The van der Waals surface area contributed by atoms with Crippen LogP contribution in [0.1, 0.15) is 20.8 Å². The SMILES string of the molecule is CCO/C(=C/Sc1ccccc1)C(C)C. The zero-order chi connectivity index (χ0) is 11.1.